The maximum atomic E-state index is 13.6. The van der Waals surface area contributed by atoms with Gasteiger partial charge in [0.25, 0.3) is 21.8 Å². The third-order valence-electron chi connectivity index (χ3n) is 5.86. The first-order valence-electron chi connectivity index (χ1n) is 10.8. The van der Waals surface area contributed by atoms with Crippen molar-refractivity contribution in [1.82, 2.24) is 4.90 Å². The Hall–Kier alpha value is -4.16. The van der Waals surface area contributed by atoms with Crippen LogP contribution in [-0.2, 0) is 10.0 Å². The highest BCUT2D eigenvalue weighted by Crippen LogP contribution is 2.44. The Balaban J connectivity index is 1.55. The van der Waals surface area contributed by atoms with Gasteiger partial charge in [-0.1, -0.05) is 23.7 Å². The first kappa shape index (κ1) is 24.5. The summed E-state index contributed by atoms with van der Waals surface area (Å²) in [6.45, 7) is -0.639. The van der Waals surface area contributed by atoms with E-state index in [2.05, 4.69) is 5.32 Å². The quantitative estimate of drug-likeness (QED) is 0.465. The predicted molar refractivity (Wildman–Crippen MR) is 130 cm³/mol. The molecule has 37 heavy (non-hydrogen) atoms. The van der Waals surface area contributed by atoms with Crippen LogP contribution in [-0.4, -0.2) is 55.5 Å². The molecule has 0 saturated heterocycles. The van der Waals surface area contributed by atoms with E-state index < -0.39 is 39.9 Å². The molecule has 2 aliphatic heterocycles. The number of carboxylic acid groups (broad SMARTS) is 1. The molecule has 0 bridgehead atoms. The maximum Gasteiger partial charge on any atom is 0.409 e. The van der Waals surface area contributed by atoms with Gasteiger partial charge in [0.1, 0.15) is 11.9 Å². The molecule has 3 aromatic rings. The second-order valence-corrected chi connectivity index (χ2v) is 10.5. The van der Waals surface area contributed by atoms with Crippen LogP contribution in [0.4, 0.5) is 20.6 Å². The van der Waals surface area contributed by atoms with Gasteiger partial charge in [0.2, 0.25) is 0 Å². The number of rotatable bonds is 5. The van der Waals surface area contributed by atoms with E-state index in [9.17, 15) is 27.2 Å². The SMILES string of the molecule is O=C(O)Nc1cc(Cl)c2c(c1)N(S(=O)(=O)c1ccc(F)cc1)CC(CN1C(=O)c3ccccc3C1=O)O2. The van der Waals surface area contributed by atoms with Gasteiger partial charge in [-0.2, -0.15) is 0 Å². The number of benzene rings is 3. The van der Waals surface area contributed by atoms with E-state index in [-0.39, 0.29) is 51.3 Å². The molecule has 5 rings (SSSR count). The van der Waals surface area contributed by atoms with Crippen molar-refractivity contribution in [3.8, 4) is 5.75 Å². The molecule has 2 heterocycles. The van der Waals surface area contributed by atoms with Gasteiger partial charge in [0.15, 0.2) is 5.75 Å². The van der Waals surface area contributed by atoms with E-state index in [1.54, 1.807) is 12.1 Å². The van der Waals surface area contributed by atoms with Gasteiger partial charge in [-0.25, -0.2) is 17.6 Å². The van der Waals surface area contributed by atoms with Crippen molar-refractivity contribution in [2.75, 3.05) is 22.7 Å². The molecule has 0 aromatic heterocycles. The minimum atomic E-state index is -4.34. The molecule has 3 amide bonds. The third-order valence-corrected chi connectivity index (χ3v) is 7.94. The fourth-order valence-electron chi connectivity index (χ4n) is 4.23. The van der Waals surface area contributed by atoms with Crippen LogP contribution in [0.2, 0.25) is 5.02 Å². The summed E-state index contributed by atoms with van der Waals surface area (Å²) in [7, 11) is -4.34. The summed E-state index contributed by atoms with van der Waals surface area (Å²) in [5.41, 5.74) is 0.362. The van der Waals surface area contributed by atoms with Crippen LogP contribution in [0.15, 0.2) is 65.6 Å². The summed E-state index contributed by atoms with van der Waals surface area (Å²) in [5.74, 6) is -1.82. The average Bonchev–Trinajstić information content (AvgIpc) is 3.09. The molecule has 0 spiro atoms. The third kappa shape index (κ3) is 4.34. The predicted octanol–water partition coefficient (Wildman–Crippen LogP) is 3.82. The summed E-state index contributed by atoms with van der Waals surface area (Å²) in [6.07, 6.45) is -2.43. The number of carbonyl (C=O) groups is 3. The van der Waals surface area contributed by atoms with Crippen LogP contribution < -0.4 is 14.4 Å². The van der Waals surface area contributed by atoms with Crippen molar-refractivity contribution in [2.45, 2.75) is 11.0 Å². The Kier molecular flexibility index (Phi) is 6.00. The molecule has 0 fully saturated rings. The number of nitrogens with one attached hydrogen (secondary N) is 1. The molecular formula is C24H17ClFN3O7S. The number of nitrogens with zero attached hydrogens (tertiary/aromatic N) is 2. The van der Waals surface area contributed by atoms with E-state index >= 15 is 0 Å². The van der Waals surface area contributed by atoms with Crippen molar-refractivity contribution in [3.05, 3.63) is 82.6 Å². The molecule has 13 heteroatoms. The second kappa shape index (κ2) is 9.05. The summed E-state index contributed by atoms with van der Waals surface area (Å²) in [6, 6.07) is 12.9. The van der Waals surface area contributed by atoms with Crippen LogP contribution in [0.5, 0.6) is 5.75 Å². The van der Waals surface area contributed by atoms with Gasteiger partial charge in [-0.15, -0.1) is 0 Å². The minimum absolute atomic E-state index is 0.0158. The molecule has 2 aliphatic rings. The Morgan fingerprint density at radius 2 is 1.70 bits per heavy atom. The van der Waals surface area contributed by atoms with Crippen molar-refractivity contribution in [1.29, 1.82) is 0 Å². The van der Waals surface area contributed by atoms with Crippen molar-refractivity contribution >= 4 is 50.9 Å². The van der Waals surface area contributed by atoms with Crippen molar-refractivity contribution < 1.29 is 37.0 Å². The molecule has 3 aromatic carbocycles. The number of imide groups is 1. The van der Waals surface area contributed by atoms with Gasteiger partial charge in [-0.05, 0) is 48.5 Å². The molecule has 1 atom stereocenters. The highest BCUT2D eigenvalue weighted by Gasteiger charge is 2.41. The first-order valence-corrected chi connectivity index (χ1v) is 12.6. The highest BCUT2D eigenvalue weighted by molar-refractivity contribution is 7.92. The molecule has 10 nitrogen and oxygen atoms in total. The lowest BCUT2D eigenvalue weighted by molar-refractivity contribution is 0.0573. The number of halogens is 2. The normalized spacial score (nSPS) is 16.8. The Bertz CT molecular complexity index is 1530. The lowest BCUT2D eigenvalue weighted by Crippen LogP contribution is -2.49. The number of carbonyl (C=O) groups excluding carboxylic acids is 2. The van der Waals surface area contributed by atoms with Gasteiger partial charge in [0.05, 0.1) is 39.8 Å². The van der Waals surface area contributed by atoms with Crippen LogP contribution in [0.3, 0.4) is 0 Å². The monoisotopic (exact) mass is 545 g/mol. The number of ether oxygens (including phenoxy) is 1. The molecule has 1 unspecified atom stereocenters. The summed E-state index contributed by atoms with van der Waals surface area (Å²) >= 11 is 6.35. The minimum Gasteiger partial charge on any atom is -0.483 e. The van der Waals surface area contributed by atoms with Crippen molar-refractivity contribution in [2.24, 2.45) is 0 Å². The fraction of sp³-hybridized carbons (Fsp3) is 0.125. The molecular weight excluding hydrogens is 529 g/mol. The number of amides is 3. The first-order chi connectivity index (χ1) is 17.6. The van der Waals surface area contributed by atoms with E-state index in [1.165, 1.54) is 24.3 Å². The zero-order valence-electron chi connectivity index (χ0n) is 18.7. The number of fused-ring (bicyclic) bond motifs is 2. The number of anilines is 2. The van der Waals surface area contributed by atoms with E-state index in [1.807, 2.05) is 0 Å². The average molecular weight is 546 g/mol. The van der Waals surface area contributed by atoms with Gasteiger partial charge >= 0.3 is 6.09 Å². The van der Waals surface area contributed by atoms with E-state index in [0.717, 1.165) is 33.5 Å². The van der Waals surface area contributed by atoms with E-state index in [0.29, 0.717) is 0 Å². The molecule has 0 saturated carbocycles. The van der Waals surface area contributed by atoms with Gasteiger partial charge < -0.3 is 9.84 Å². The Labute approximate surface area is 214 Å². The van der Waals surface area contributed by atoms with Gasteiger partial charge in [-0.3, -0.25) is 24.1 Å². The fourth-order valence-corrected chi connectivity index (χ4v) is 5.98. The highest BCUT2D eigenvalue weighted by atomic mass is 35.5. The summed E-state index contributed by atoms with van der Waals surface area (Å²) in [5, 5.41) is 11.1. The van der Waals surface area contributed by atoms with Crippen molar-refractivity contribution in [3.63, 3.8) is 0 Å². The zero-order valence-corrected chi connectivity index (χ0v) is 20.3. The molecule has 190 valence electrons. The van der Waals surface area contributed by atoms with E-state index in [4.69, 9.17) is 21.4 Å². The van der Waals surface area contributed by atoms with Gasteiger partial charge in [0, 0.05) is 5.69 Å². The van der Waals surface area contributed by atoms with Crippen LogP contribution in [0, 0.1) is 5.82 Å². The number of hydrogen-bond donors (Lipinski definition) is 2. The van der Waals surface area contributed by atoms with Crippen LogP contribution in [0.25, 0.3) is 0 Å². The zero-order chi connectivity index (χ0) is 26.5. The Morgan fingerprint density at radius 3 is 2.30 bits per heavy atom. The maximum absolute atomic E-state index is 13.6. The summed E-state index contributed by atoms with van der Waals surface area (Å²) in [4.78, 5) is 37.6. The molecule has 0 radical (unpaired) electrons. The second-order valence-electron chi connectivity index (χ2n) is 8.23. The number of sulfonamides is 1. The van der Waals surface area contributed by atoms with Crippen LogP contribution >= 0.6 is 11.6 Å². The molecule has 0 aliphatic carbocycles. The largest absolute Gasteiger partial charge is 0.483 e. The topological polar surface area (TPSA) is 133 Å². The Morgan fingerprint density at radius 1 is 1.08 bits per heavy atom. The smallest absolute Gasteiger partial charge is 0.409 e. The lowest BCUT2D eigenvalue weighted by atomic mass is 10.1. The standard InChI is InChI=1S/C24H17ClFN3O7S/c25-19-9-14(27-24(32)33)10-20-21(19)36-15(11-28-22(30)17-3-1-2-4-18(17)23(28)31)12-29(20)37(34,35)16-7-5-13(26)6-8-16/h1-10,15,27H,11-12H2,(H,32,33). The number of hydrogen-bond acceptors (Lipinski definition) is 6. The lowest BCUT2D eigenvalue weighted by Gasteiger charge is -2.37. The molecule has 2 N–H and O–H groups in total. The van der Waals surface area contributed by atoms with Crippen LogP contribution in [0.1, 0.15) is 20.7 Å². The summed E-state index contributed by atoms with van der Waals surface area (Å²) < 4.78 is 47.6.